The average molecular weight is 527 g/mol. The van der Waals surface area contributed by atoms with Crippen molar-refractivity contribution in [3.05, 3.63) is 76.3 Å². The number of rotatable bonds is 6. The molecular formula is C32H34N2O5. The molecular weight excluding hydrogens is 492 g/mol. The van der Waals surface area contributed by atoms with Crippen LogP contribution in [0.4, 0.5) is 0 Å². The maximum absolute atomic E-state index is 12.7. The van der Waals surface area contributed by atoms with Crippen molar-refractivity contribution in [1.29, 1.82) is 0 Å². The summed E-state index contributed by atoms with van der Waals surface area (Å²) in [6, 6.07) is 15.7. The summed E-state index contributed by atoms with van der Waals surface area (Å²) < 4.78 is 17.8. The summed E-state index contributed by atoms with van der Waals surface area (Å²) in [5.41, 5.74) is 6.98. The Kier molecular flexibility index (Phi) is 7.03. The van der Waals surface area contributed by atoms with E-state index in [2.05, 4.69) is 11.2 Å². The van der Waals surface area contributed by atoms with Gasteiger partial charge in [-0.05, 0) is 99.9 Å². The molecule has 0 radical (unpaired) electrons. The molecule has 39 heavy (non-hydrogen) atoms. The number of aryl methyl sites for hydroxylation is 1. The number of carboxylic acid groups (broad SMARTS) is 1. The molecule has 0 fully saturated rings. The molecule has 1 N–H and O–H groups in total. The summed E-state index contributed by atoms with van der Waals surface area (Å²) in [5.74, 6) is 0.729. The normalized spacial score (nSPS) is 14.0. The number of carboxylic acids is 1. The zero-order valence-electron chi connectivity index (χ0n) is 23.3. The molecule has 5 rings (SSSR count). The van der Waals surface area contributed by atoms with Gasteiger partial charge in [-0.1, -0.05) is 41.6 Å². The van der Waals surface area contributed by atoms with Crippen molar-refractivity contribution in [2.75, 3.05) is 6.61 Å². The lowest BCUT2D eigenvalue weighted by molar-refractivity contribution is -0.160. The van der Waals surface area contributed by atoms with Gasteiger partial charge in [-0.3, -0.25) is 0 Å². The molecule has 1 aliphatic rings. The molecule has 1 unspecified atom stereocenters. The Balaban J connectivity index is 1.77. The van der Waals surface area contributed by atoms with Gasteiger partial charge >= 0.3 is 5.97 Å². The molecule has 2 heterocycles. The molecule has 7 nitrogen and oxygen atoms in total. The molecule has 3 aromatic carbocycles. The summed E-state index contributed by atoms with van der Waals surface area (Å²) in [6.07, 6.45) is 0.678. The van der Waals surface area contributed by atoms with Crippen molar-refractivity contribution >= 4 is 5.97 Å². The van der Waals surface area contributed by atoms with E-state index >= 15 is 0 Å². The largest absolute Gasteiger partial charge is 0.493 e. The van der Waals surface area contributed by atoms with Crippen LogP contribution in [0.25, 0.3) is 34.0 Å². The van der Waals surface area contributed by atoms with Crippen molar-refractivity contribution < 1.29 is 23.9 Å². The molecule has 4 aromatic rings. The molecule has 1 aliphatic heterocycles. The number of carbonyl (C=O) groups is 1. The summed E-state index contributed by atoms with van der Waals surface area (Å²) >= 11 is 0. The predicted octanol–water partition coefficient (Wildman–Crippen LogP) is 7.26. The quantitative estimate of drug-likeness (QED) is 0.282. The second kappa shape index (κ2) is 10.3. The van der Waals surface area contributed by atoms with E-state index in [1.165, 1.54) is 0 Å². The Hall–Kier alpha value is -3.97. The summed E-state index contributed by atoms with van der Waals surface area (Å²) in [7, 11) is 0. The van der Waals surface area contributed by atoms with Gasteiger partial charge in [0.15, 0.2) is 6.10 Å². The van der Waals surface area contributed by atoms with Crippen LogP contribution < -0.4 is 4.74 Å². The smallest absolute Gasteiger partial charge is 0.337 e. The van der Waals surface area contributed by atoms with Crippen molar-refractivity contribution in [3.63, 3.8) is 0 Å². The zero-order chi connectivity index (χ0) is 27.9. The topological polar surface area (TPSA) is 94.7 Å². The highest BCUT2D eigenvalue weighted by Crippen LogP contribution is 2.45. The lowest BCUT2D eigenvalue weighted by atomic mass is 9.82. The maximum Gasteiger partial charge on any atom is 0.337 e. The van der Waals surface area contributed by atoms with Gasteiger partial charge in [0.2, 0.25) is 5.82 Å². The minimum Gasteiger partial charge on any atom is -0.493 e. The minimum absolute atomic E-state index is 0.393. The Morgan fingerprint density at radius 2 is 1.72 bits per heavy atom. The van der Waals surface area contributed by atoms with E-state index in [1.807, 2.05) is 84.0 Å². The van der Waals surface area contributed by atoms with E-state index in [1.54, 1.807) is 0 Å². The third-order valence-electron chi connectivity index (χ3n) is 7.19. The SMILES string of the molecule is Cc1c(C)c(C(OC(C)(C)C)C(=O)O)c(-c2ccc3c(c2)CCCO3)c(C)c1-c1nc(-c2ccccc2)no1. The maximum atomic E-state index is 12.7. The minimum atomic E-state index is -1.17. The van der Waals surface area contributed by atoms with Crippen LogP contribution >= 0.6 is 0 Å². The van der Waals surface area contributed by atoms with Crippen LogP contribution in [0.5, 0.6) is 5.75 Å². The number of ether oxygens (including phenoxy) is 2. The van der Waals surface area contributed by atoms with Gasteiger partial charge in [0.1, 0.15) is 5.75 Å². The van der Waals surface area contributed by atoms with E-state index in [-0.39, 0.29) is 0 Å². The molecule has 7 heteroatoms. The van der Waals surface area contributed by atoms with Crippen LogP contribution in [-0.2, 0) is 16.0 Å². The van der Waals surface area contributed by atoms with Crippen LogP contribution in [0, 0.1) is 20.8 Å². The third-order valence-corrected chi connectivity index (χ3v) is 7.19. The zero-order valence-corrected chi connectivity index (χ0v) is 23.3. The first-order valence-corrected chi connectivity index (χ1v) is 13.2. The van der Waals surface area contributed by atoms with E-state index in [9.17, 15) is 9.90 Å². The average Bonchev–Trinajstić information content (AvgIpc) is 3.39. The Morgan fingerprint density at radius 1 is 0.974 bits per heavy atom. The molecule has 1 atom stereocenters. The number of hydrogen-bond donors (Lipinski definition) is 1. The molecule has 202 valence electrons. The highest BCUT2D eigenvalue weighted by Gasteiger charge is 2.34. The molecule has 0 aliphatic carbocycles. The van der Waals surface area contributed by atoms with Gasteiger partial charge in [-0.2, -0.15) is 4.98 Å². The van der Waals surface area contributed by atoms with E-state index < -0.39 is 17.7 Å². The van der Waals surface area contributed by atoms with E-state index in [0.717, 1.165) is 63.1 Å². The summed E-state index contributed by atoms with van der Waals surface area (Å²) in [6.45, 7) is 12.2. The summed E-state index contributed by atoms with van der Waals surface area (Å²) in [5, 5.41) is 14.6. The van der Waals surface area contributed by atoms with Crippen LogP contribution in [0.1, 0.15) is 61.1 Å². The molecule has 0 bridgehead atoms. The van der Waals surface area contributed by atoms with Gasteiger partial charge in [0, 0.05) is 16.7 Å². The van der Waals surface area contributed by atoms with Crippen LogP contribution in [0.3, 0.4) is 0 Å². The first kappa shape index (κ1) is 26.6. The van der Waals surface area contributed by atoms with Crippen molar-refractivity contribution in [1.82, 2.24) is 10.1 Å². The molecule has 0 saturated carbocycles. The Morgan fingerprint density at radius 3 is 2.41 bits per heavy atom. The molecule has 0 saturated heterocycles. The fraction of sp³-hybridized carbons (Fsp3) is 0.344. The number of hydrogen-bond acceptors (Lipinski definition) is 6. The molecule has 1 aromatic heterocycles. The van der Waals surface area contributed by atoms with E-state index in [0.29, 0.717) is 23.9 Å². The highest BCUT2D eigenvalue weighted by atomic mass is 16.5. The van der Waals surface area contributed by atoms with Crippen molar-refractivity contribution in [2.24, 2.45) is 0 Å². The second-order valence-corrected chi connectivity index (χ2v) is 11.1. The Labute approximate surface area is 228 Å². The highest BCUT2D eigenvalue weighted by molar-refractivity contribution is 5.87. The standard InChI is InChI=1S/C32H34N2O5/c1-18-19(2)27(28(31(35)36)38-32(4,5)6)26(23-14-15-24-22(17-23)13-10-16-37-24)20(3)25(18)30-33-29(34-39-30)21-11-8-7-9-12-21/h7-9,11-12,14-15,17,28H,10,13,16H2,1-6H3,(H,35,36). The number of benzene rings is 3. The predicted molar refractivity (Wildman–Crippen MR) is 150 cm³/mol. The van der Waals surface area contributed by atoms with Crippen molar-refractivity contribution in [2.45, 2.75) is 66.1 Å². The van der Waals surface area contributed by atoms with Gasteiger partial charge in [-0.25, -0.2) is 4.79 Å². The van der Waals surface area contributed by atoms with Crippen LogP contribution in [-0.4, -0.2) is 33.4 Å². The van der Waals surface area contributed by atoms with Crippen molar-refractivity contribution in [3.8, 4) is 39.7 Å². The number of nitrogens with zero attached hydrogens (tertiary/aromatic N) is 2. The molecule has 0 spiro atoms. The summed E-state index contributed by atoms with van der Waals surface area (Å²) in [4.78, 5) is 17.4. The van der Waals surface area contributed by atoms with Gasteiger partial charge in [0.05, 0.1) is 12.2 Å². The monoisotopic (exact) mass is 526 g/mol. The lowest BCUT2D eigenvalue weighted by Crippen LogP contribution is -2.28. The number of fused-ring (bicyclic) bond motifs is 1. The Bertz CT molecular complexity index is 1530. The van der Waals surface area contributed by atoms with Crippen LogP contribution in [0.15, 0.2) is 53.1 Å². The van der Waals surface area contributed by atoms with E-state index in [4.69, 9.17) is 19.0 Å². The first-order valence-electron chi connectivity index (χ1n) is 13.2. The van der Waals surface area contributed by atoms with Gasteiger partial charge < -0.3 is 19.1 Å². The number of aliphatic carboxylic acids is 1. The first-order chi connectivity index (χ1) is 18.5. The number of aromatic nitrogens is 2. The fourth-order valence-corrected chi connectivity index (χ4v) is 5.34. The fourth-order valence-electron chi connectivity index (χ4n) is 5.34. The third kappa shape index (κ3) is 5.19. The molecule has 0 amide bonds. The van der Waals surface area contributed by atoms with Gasteiger partial charge in [0.25, 0.3) is 5.89 Å². The van der Waals surface area contributed by atoms with Gasteiger partial charge in [-0.15, -0.1) is 0 Å². The second-order valence-electron chi connectivity index (χ2n) is 11.1. The van der Waals surface area contributed by atoms with Crippen LogP contribution in [0.2, 0.25) is 0 Å². The lowest BCUT2D eigenvalue weighted by Gasteiger charge is -2.30.